The van der Waals surface area contributed by atoms with Crippen LogP contribution in [0.15, 0.2) is 54.2 Å². The lowest BCUT2D eigenvalue weighted by Crippen LogP contribution is -2.28. The average molecular weight is 407 g/mol. The van der Waals surface area contributed by atoms with E-state index >= 15 is 0 Å². The lowest BCUT2D eigenvalue weighted by molar-refractivity contribution is -0.144. The molecule has 0 bridgehead atoms. The average Bonchev–Trinajstić information content (AvgIpc) is 2.58. The van der Waals surface area contributed by atoms with Crippen molar-refractivity contribution in [3.63, 3.8) is 0 Å². The Balaban J connectivity index is 2.01. The molecule has 0 fully saturated rings. The zero-order valence-corrected chi connectivity index (χ0v) is 15.8. The second-order valence-electron chi connectivity index (χ2n) is 5.43. The summed E-state index contributed by atoms with van der Waals surface area (Å²) in [4.78, 5) is 35.5. The number of nitrogens with one attached hydrogen (secondary N) is 2. The van der Waals surface area contributed by atoms with Crippen LogP contribution in [0.5, 0.6) is 0 Å². The highest BCUT2D eigenvalue weighted by Gasteiger charge is 2.15. The first-order valence-corrected chi connectivity index (χ1v) is 8.56. The summed E-state index contributed by atoms with van der Waals surface area (Å²) < 4.78 is 4.97. The number of carbonyl (C=O) groups excluding carboxylic acids is 3. The van der Waals surface area contributed by atoms with Crippen LogP contribution in [-0.4, -0.2) is 24.4 Å². The van der Waals surface area contributed by atoms with Crippen molar-refractivity contribution in [2.45, 2.75) is 6.92 Å². The van der Waals surface area contributed by atoms with E-state index in [2.05, 4.69) is 10.6 Å². The van der Waals surface area contributed by atoms with Crippen molar-refractivity contribution in [2.24, 2.45) is 0 Å². The van der Waals surface area contributed by atoms with Gasteiger partial charge in [-0.3, -0.25) is 9.59 Å². The van der Waals surface area contributed by atoms with Crippen LogP contribution in [0.3, 0.4) is 0 Å². The van der Waals surface area contributed by atoms with Crippen molar-refractivity contribution in [1.29, 1.82) is 0 Å². The first kappa shape index (κ1) is 20.5. The fourth-order valence-electron chi connectivity index (χ4n) is 2.08. The van der Waals surface area contributed by atoms with Gasteiger partial charge in [0.1, 0.15) is 5.70 Å². The Kier molecular flexibility index (Phi) is 7.40. The predicted octanol–water partition coefficient (Wildman–Crippen LogP) is 3.65. The minimum absolute atomic E-state index is 0.0766. The zero-order valence-electron chi connectivity index (χ0n) is 14.3. The Hall–Kier alpha value is -2.83. The Bertz CT molecular complexity index is 862. The molecule has 0 heterocycles. The molecular weight excluding hydrogens is 391 g/mol. The van der Waals surface area contributed by atoms with Crippen molar-refractivity contribution in [3.8, 4) is 0 Å². The fraction of sp³-hybridized carbons (Fsp3) is 0.105. The van der Waals surface area contributed by atoms with E-state index in [0.717, 1.165) is 0 Å². The molecule has 27 heavy (non-hydrogen) atoms. The van der Waals surface area contributed by atoms with E-state index in [1.165, 1.54) is 31.2 Å². The molecule has 0 unspecified atom stereocenters. The summed E-state index contributed by atoms with van der Waals surface area (Å²) in [7, 11) is 0. The van der Waals surface area contributed by atoms with Crippen LogP contribution >= 0.6 is 23.2 Å². The summed E-state index contributed by atoms with van der Waals surface area (Å²) in [5, 5.41) is 5.62. The fourth-order valence-corrected chi connectivity index (χ4v) is 2.61. The lowest BCUT2D eigenvalue weighted by Gasteiger charge is -2.10. The van der Waals surface area contributed by atoms with Gasteiger partial charge in [0.2, 0.25) is 5.91 Å². The maximum Gasteiger partial charge on any atom is 0.355 e. The largest absolute Gasteiger partial charge is 0.451 e. The molecule has 2 aromatic rings. The molecule has 0 saturated heterocycles. The van der Waals surface area contributed by atoms with Crippen molar-refractivity contribution in [2.75, 3.05) is 11.9 Å². The first-order chi connectivity index (χ1) is 12.8. The highest BCUT2D eigenvalue weighted by atomic mass is 35.5. The van der Waals surface area contributed by atoms with E-state index in [1.807, 2.05) is 6.07 Å². The molecule has 8 heteroatoms. The van der Waals surface area contributed by atoms with E-state index in [-0.39, 0.29) is 5.70 Å². The molecule has 0 radical (unpaired) electrons. The van der Waals surface area contributed by atoms with E-state index in [9.17, 15) is 14.4 Å². The van der Waals surface area contributed by atoms with Crippen LogP contribution in [0.4, 0.5) is 5.69 Å². The Morgan fingerprint density at radius 3 is 2.26 bits per heavy atom. The third-order valence-electron chi connectivity index (χ3n) is 3.12. The molecule has 2 rings (SSSR count). The minimum Gasteiger partial charge on any atom is -0.451 e. The maximum atomic E-state index is 12.2. The van der Waals surface area contributed by atoms with E-state index in [1.54, 1.807) is 24.3 Å². The summed E-state index contributed by atoms with van der Waals surface area (Å²) in [6.07, 6.45) is 1.46. The lowest BCUT2D eigenvalue weighted by atomic mass is 10.2. The third kappa shape index (κ3) is 7.13. The number of esters is 1. The van der Waals surface area contributed by atoms with Gasteiger partial charge >= 0.3 is 5.97 Å². The maximum absolute atomic E-state index is 12.2. The molecule has 0 aliphatic rings. The highest BCUT2D eigenvalue weighted by molar-refractivity contribution is 6.35. The number of hydrogen-bond donors (Lipinski definition) is 2. The van der Waals surface area contributed by atoms with Gasteiger partial charge in [0.15, 0.2) is 6.61 Å². The topological polar surface area (TPSA) is 84.5 Å². The molecule has 140 valence electrons. The van der Waals surface area contributed by atoms with E-state index in [4.69, 9.17) is 27.9 Å². The number of amides is 2. The summed E-state index contributed by atoms with van der Waals surface area (Å²) in [6, 6.07) is 13.4. The van der Waals surface area contributed by atoms with Gasteiger partial charge in [0, 0.05) is 22.7 Å². The van der Waals surface area contributed by atoms with Gasteiger partial charge in [0.05, 0.1) is 0 Å². The zero-order chi connectivity index (χ0) is 19.8. The smallest absolute Gasteiger partial charge is 0.355 e. The van der Waals surface area contributed by atoms with Crippen LogP contribution in [0.2, 0.25) is 10.0 Å². The molecule has 0 aliphatic carbocycles. The van der Waals surface area contributed by atoms with Crippen LogP contribution < -0.4 is 10.6 Å². The second-order valence-corrected chi connectivity index (χ2v) is 6.31. The number of benzene rings is 2. The minimum atomic E-state index is -0.840. The van der Waals surface area contributed by atoms with E-state index < -0.39 is 24.4 Å². The van der Waals surface area contributed by atoms with Gasteiger partial charge in [-0.25, -0.2) is 4.79 Å². The Morgan fingerprint density at radius 1 is 1.04 bits per heavy atom. The molecule has 0 aliphatic heterocycles. The van der Waals surface area contributed by atoms with Crippen LogP contribution in [0, 0.1) is 0 Å². The number of anilines is 1. The monoisotopic (exact) mass is 406 g/mol. The van der Waals surface area contributed by atoms with Gasteiger partial charge in [-0.05, 0) is 29.8 Å². The number of halogens is 2. The number of ether oxygens (including phenoxy) is 1. The molecule has 0 atom stereocenters. The molecule has 0 saturated carbocycles. The van der Waals surface area contributed by atoms with Crippen LogP contribution in [-0.2, 0) is 19.1 Å². The second kappa shape index (κ2) is 9.75. The molecule has 2 amide bonds. The highest BCUT2D eigenvalue weighted by Crippen LogP contribution is 2.22. The van der Waals surface area contributed by atoms with Crippen molar-refractivity contribution in [1.82, 2.24) is 5.32 Å². The SMILES string of the molecule is CC(=O)NC(=Cc1ccccc1)C(=O)OCC(=O)Nc1cc(Cl)cc(Cl)c1. The van der Waals surface area contributed by atoms with Crippen molar-refractivity contribution < 1.29 is 19.1 Å². The molecule has 0 aromatic heterocycles. The summed E-state index contributed by atoms with van der Waals surface area (Å²) >= 11 is 11.7. The third-order valence-corrected chi connectivity index (χ3v) is 3.56. The standard InChI is InChI=1S/C19H16Cl2N2O4/c1-12(24)22-17(7-13-5-3-2-4-6-13)19(26)27-11-18(25)23-16-9-14(20)8-15(21)10-16/h2-10H,11H2,1H3,(H,22,24)(H,23,25). The van der Waals surface area contributed by atoms with E-state index in [0.29, 0.717) is 21.3 Å². The van der Waals surface area contributed by atoms with Crippen molar-refractivity contribution in [3.05, 3.63) is 69.8 Å². The number of hydrogen-bond acceptors (Lipinski definition) is 4. The summed E-state index contributed by atoms with van der Waals surface area (Å²) in [6.45, 7) is 0.719. The van der Waals surface area contributed by atoms with Crippen LogP contribution in [0.1, 0.15) is 12.5 Å². The summed E-state index contributed by atoms with van der Waals surface area (Å²) in [5.41, 5.74) is 0.985. The Labute approximate surface area is 166 Å². The van der Waals surface area contributed by atoms with Gasteiger partial charge in [-0.1, -0.05) is 53.5 Å². The quantitative estimate of drug-likeness (QED) is 0.566. The molecule has 2 N–H and O–H groups in total. The normalized spacial score (nSPS) is 10.9. The van der Waals surface area contributed by atoms with Gasteiger partial charge in [-0.15, -0.1) is 0 Å². The van der Waals surface area contributed by atoms with Gasteiger partial charge < -0.3 is 15.4 Å². The summed E-state index contributed by atoms with van der Waals surface area (Å²) in [5.74, 6) is -1.86. The predicted molar refractivity (Wildman–Crippen MR) is 104 cm³/mol. The number of carbonyl (C=O) groups is 3. The molecule has 6 nitrogen and oxygen atoms in total. The first-order valence-electron chi connectivity index (χ1n) is 7.81. The van der Waals surface area contributed by atoms with Crippen LogP contribution in [0.25, 0.3) is 6.08 Å². The number of rotatable bonds is 6. The van der Waals surface area contributed by atoms with Gasteiger partial charge in [0.25, 0.3) is 5.91 Å². The Morgan fingerprint density at radius 2 is 1.67 bits per heavy atom. The molecular formula is C19H16Cl2N2O4. The molecule has 0 spiro atoms. The molecule has 2 aromatic carbocycles. The van der Waals surface area contributed by atoms with Gasteiger partial charge in [-0.2, -0.15) is 0 Å². The van der Waals surface area contributed by atoms with Crippen molar-refractivity contribution >= 4 is 52.7 Å².